The van der Waals surface area contributed by atoms with E-state index in [4.69, 9.17) is 5.73 Å². The summed E-state index contributed by atoms with van der Waals surface area (Å²) < 4.78 is 3.14. The minimum Gasteiger partial charge on any atom is -0.384 e. The number of hydrogen-bond acceptors (Lipinski definition) is 8. The van der Waals surface area contributed by atoms with E-state index >= 15 is 0 Å². The topological polar surface area (TPSA) is 123 Å². The molecule has 3 aromatic heterocycles. The fourth-order valence-electron chi connectivity index (χ4n) is 4.77. The number of piperidine rings is 1. The largest absolute Gasteiger partial charge is 0.384 e. The van der Waals surface area contributed by atoms with Crippen molar-refractivity contribution < 1.29 is 9.90 Å². The Morgan fingerprint density at radius 1 is 1.12 bits per heavy atom. The maximum Gasteiger partial charge on any atom is 0.251 e. The lowest BCUT2D eigenvalue weighted by molar-refractivity contribution is -0.140. The van der Waals surface area contributed by atoms with Gasteiger partial charge < -0.3 is 15.7 Å². The van der Waals surface area contributed by atoms with Crippen molar-refractivity contribution in [2.45, 2.75) is 31.8 Å². The van der Waals surface area contributed by atoms with E-state index in [1.807, 2.05) is 12.1 Å². The summed E-state index contributed by atoms with van der Waals surface area (Å²) in [4.78, 5) is 22.8. The minimum atomic E-state index is -0.973. The molecule has 0 unspecified atom stereocenters. The van der Waals surface area contributed by atoms with Crippen LogP contribution in [0.1, 0.15) is 31.5 Å². The summed E-state index contributed by atoms with van der Waals surface area (Å²) in [6.07, 6.45) is 2.31. The Hall–Kier alpha value is -3.63. The predicted octanol–water partition coefficient (Wildman–Crippen LogP) is 3.22. The zero-order chi connectivity index (χ0) is 23.4. The van der Waals surface area contributed by atoms with Gasteiger partial charge in [-0.3, -0.25) is 14.2 Å². The molecule has 1 fully saturated rings. The number of aromatic nitrogens is 5. The number of likely N-dealkylation sites (tertiary alicyclic amines) is 1. The number of anilines is 1. The molecule has 9 nitrogen and oxygen atoms in total. The summed E-state index contributed by atoms with van der Waals surface area (Å²) >= 11 is 1.48. The van der Waals surface area contributed by atoms with Crippen molar-refractivity contribution in [2.24, 2.45) is 0 Å². The second kappa shape index (κ2) is 8.00. The van der Waals surface area contributed by atoms with Gasteiger partial charge in [0.1, 0.15) is 11.9 Å². The number of nitrogens with two attached hydrogens (primary N) is 1. The van der Waals surface area contributed by atoms with Gasteiger partial charge in [0.15, 0.2) is 10.8 Å². The lowest BCUT2D eigenvalue weighted by atomic mass is 9.95. The van der Waals surface area contributed by atoms with Crippen molar-refractivity contribution in [3.8, 4) is 11.1 Å². The zero-order valence-corrected chi connectivity index (χ0v) is 19.4. The van der Waals surface area contributed by atoms with E-state index in [0.29, 0.717) is 23.9 Å². The van der Waals surface area contributed by atoms with Crippen molar-refractivity contribution in [2.75, 3.05) is 18.8 Å². The molecule has 1 aliphatic heterocycles. The van der Waals surface area contributed by atoms with E-state index in [2.05, 4.69) is 48.8 Å². The first-order chi connectivity index (χ1) is 16.5. The first kappa shape index (κ1) is 20.9. The fourth-order valence-corrected chi connectivity index (χ4v) is 5.54. The standard InChI is InChI=1S/C24H23N7O2S/c1-13(32)23(33)30-8-6-14(7-9-30)22-29-28-21-12-26-17-4-2-15(10-19(17)31(21)22)16-3-5-18-20(11-16)34-24(25)27-18/h2-5,10-14,32H,6-9H2,1H3,(H2,25,27)/t13-/m0/s1. The number of thiazole rings is 1. The van der Waals surface area contributed by atoms with Crippen molar-refractivity contribution in [1.29, 1.82) is 0 Å². The number of aliphatic hydroxyl groups excluding tert-OH is 1. The van der Waals surface area contributed by atoms with Gasteiger partial charge in [0.25, 0.3) is 5.91 Å². The third kappa shape index (κ3) is 3.46. The average Bonchev–Trinajstić information content (AvgIpc) is 3.45. The maximum atomic E-state index is 12.2. The molecule has 10 heteroatoms. The monoisotopic (exact) mass is 473 g/mol. The molecule has 2 aromatic carbocycles. The van der Waals surface area contributed by atoms with Gasteiger partial charge in [0.2, 0.25) is 0 Å². The van der Waals surface area contributed by atoms with Crippen LogP contribution >= 0.6 is 11.3 Å². The molecule has 0 radical (unpaired) electrons. The Kier molecular flexibility index (Phi) is 4.93. The summed E-state index contributed by atoms with van der Waals surface area (Å²) in [5, 5.41) is 19.1. The van der Waals surface area contributed by atoms with Crippen LogP contribution < -0.4 is 5.73 Å². The summed E-state index contributed by atoms with van der Waals surface area (Å²) in [7, 11) is 0. The molecule has 0 bridgehead atoms. The van der Waals surface area contributed by atoms with Crippen LogP contribution in [0.25, 0.3) is 38.0 Å². The number of carbonyl (C=O) groups is 1. The zero-order valence-electron chi connectivity index (χ0n) is 18.5. The molecular weight excluding hydrogens is 450 g/mol. The van der Waals surface area contributed by atoms with Gasteiger partial charge in [-0.05, 0) is 55.2 Å². The van der Waals surface area contributed by atoms with Crippen LogP contribution in [0.15, 0.2) is 42.6 Å². The number of benzene rings is 2. The Morgan fingerprint density at radius 3 is 2.62 bits per heavy atom. The van der Waals surface area contributed by atoms with E-state index in [0.717, 1.165) is 51.0 Å². The van der Waals surface area contributed by atoms with Crippen LogP contribution in [-0.2, 0) is 4.79 Å². The van der Waals surface area contributed by atoms with Crippen molar-refractivity contribution in [3.05, 3.63) is 48.4 Å². The highest BCUT2D eigenvalue weighted by molar-refractivity contribution is 7.22. The van der Waals surface area contributed by atoms with Gasteiger partial charge in [0, 0.05) is 19.0 Å². The molecule has 0 aliphatic carbocycles. The Labute approximate surface area is 198 Å². The summed E-state index contributed by atoms with van der Waals surface area (Å²) in [6.45, 7) is 2.70. The van der Waals surface area contributed by atoms with Crippen molar-refractivity contribution in [3.63, 3.8) is 0 Å². The molecule has 4 heterocycles. The minimum absolute atomic E-state index is 0.166. The van der Waals surface area contributed by atoms with Gasteiger partial charge in [-0.25, -0.2) is 4.98 Å². The van der Waals surface area contributed by atoms with Crippen molar-refractivity contribution >= 4 is 49.3 Å². The Morgan fingerprint density at radius 2 is 1.85 bits per heavy atom. The molecule has 1 atom stereocenters. The number of amides is 1. The highest BCUT2D eigenvalue weighted by Crippen LogP contribution is 2.33. The van der Waals surface area contributed by atoms with E-state index < -0.39 is 6.10 Å². The average molecular weight is 474 g/mol. The molecule has 34 heavy (non-hydrogen) atoms. The van der Waals surface area contributed by atoms with Crippen LogP contribution in [0.4, 0.5) is 5.13 Å². The van der Waals surface area contributed by atoms with Crippen LogP contribution in [0.5, 0.6) is 0 Å². The maximum absolute atomic E-state index is 12.2. The molecule has 172 valence electrons. The Bertz CT molecular complexity index is 1550. The van der Waals surface area contributed by atoms with E-state index in [1.54, 1.807) is 11.1 Å². The van der Waals surface area contributed by atoms with Crippen molar-refractivity contribution in [1.82, 2.24) is 29.5 Å². The van der Waals surface area contributed by atoms with Crippen LogP contribution in [0.2, 0.25) is 0 Å². The van der Waals surface area contributed by atoms with Crippen LogP contribution in [-0.4, -0.2) is 59.7 Å². The quantitative estimate of drug-likeness (QED) is 0.412. The molecule has 5 aromatic rings. The molecule has 1 saturated heterocycles. The SMILES string of the molecule is C[C@H](O)C(=O)N1CCC(c2nnc3cnc4ccc(-c5ccc6nc(N)sc6c5)cc4n23)CC1. The first-order valence-electron chi connectivity index (χ1n) is 11.2. The van der Waals surface area contributed by atoms with Gasteiger partial charge in [-0.15, -0.1) is 10.2 Å². The predicted molar refractivity (Wildman–Crippen MR) is 132 cm³/mol. The molecule has 1 aliphatic rings. The highest BCUT2D eigenvalue weighted by Gasteiger charge is 2.29. The molecular formula is C24H23N7O2S. The third-order valence-corrected chi connectivity index (χ3v) is 7.36. The van der Waals surface area contributed by atoms with E-state index in [-0.39, 0.29) is 11.8 Å². The molecule has 6 rings (SSSR count). The van der Waals surface area contributed by atoms with E-state index in [9.17, 15) is 9.90 Å². The normalized spacial score (nSPS) is 16.0. The third-order valence-electron chi connectivity index (χ3n) is 6.52. The number of rotatable bonds is 3. The van der Waals surface area contributed by atoms with Gasteiger partial charge >= 0.3 is 0 Å². The van der Waals surface area contributed by atoms with Gasteiger partial charge in [-0.2, -0.15) is 0 Å². The number of nitrogens with zero attached hydrogens (tertiary/aromatic N) is 6. The molecule has 0 saturated carbocycles. The molecule has 1 amide bonds. The number of fused-ring (bicyclic) bond motifs is 4. The number of nitrogen functional groups attached to an aromatic ring is 1. The second-order valence-corrected chi connectivity index (χ2v) is 9.79. The second-order valence-electron chi connectivity index (χ2n) is 8.72. The highest BCUT2D eigenvalue weighted by atomic mass is 32.1. The Balaban J connectivity index is 1.40. The molecule has 3 N–H and O–H groups in total. The van der Waals surface area contributed by atoms with Crippen LogP contribution in [0.3, 0.4) is 0 Å². The van der Waals surface area contributed by atoms with Gasteiger partial charge in [-0.1, -0.05) is 23.5 Å². The lowest BCUT2D eigenvalue weighted by Gasteiger charge is -2.32. The smallest absolute Gasteiger partial charge is 0.251 e. The summed E-state index contributed by atoms with van der Waals surface area (Å²) in [5.74, 6) is 0.830. The fraction of sp³-hybridized carbons (Fsp3) is 0.292. The molecule has 0 spiro atoms. The number of carbonyl (C=O) groups excluding carboxylic acids is 1. The first-order valence-corrected chi connectivity index (χ1v) is 12.1. The summed E-state index contributed by atoms with van der Waals surface area (Å²) in [6, 6.07) is 12.4. The van der Waals surface area contributed by atoms with Crippen LogP contribution in [0, 0.1) is 0 Å². The summed E-state index contributed by atoms with van der Waals surface area (Å²) in [5.41, 5.74) is 11.4. The number of aliphatic hydroxyl groups is 1. The van der Waals surface area contributed by atoms with Gasteiger partial charge in [0.05, 0.1) is 27.4 Å². The number of hydrogen-bond donors (Lipinski definition) is 2. The lowest BCUT2D eigenvalue weighted by Crippen LogP contribution is -2.42. The van der Waals surface area contributed by atoms with E-state index in [1.165, 1.54) is 18.3 Å².